The van der Waals surface area contributed by atoms with E-state index in [2.05, 4.69) is 22.5 Å². The molecule has 0 bridgehead atoms. The topological polar surface area (TPSA) is 66.0 Å². The number of nitrogens with zero attached hydrogens (tertiary/aromatic N) is 2. The van der Waals surface area contributed by atoms with Crippen LogP contribution in [-0.2, 0) is 11.3 Å². The van der Waals surface area contributed by atoms with E-state index in [0.717, 1.165) is 55.4 Å². The van der Waals surface area contributed by atoms with Crippen LogP contribution in [0.2, 0.25) is 0 Å². The summed E-state index contributed by atoms with van der Waals surface area (Å²) in [4.78, 5) is 18.4. The van der Waals surface area contributed by atoms with E-state index in [0.29, 0.717) is 19.6 Å². The summed E-state index contributed by atoms with van der Waals surface area (Å²) in [6.45, 7) is 5.71. The van der Waals surface area contributed by atoms with Gasteiger partial charge in [0, 0.05) is 31.7 Å². The molecule has 162 valence electrons. The zero-order valence-corrected chi connectivity index (χ0v) is 19.8. The number of aliphatic imine (C=N–C) groups is 1. The van der Waals surface area contributed by atoms with E-state index in [4.69, 9.17) is 4.74 Å². The summed E-state index contributed by atoms with van der Waals surface area (Å²) >= 11 is 0. The van der Waals surface area contributed by atoms with Crippen molar-refractivity contribution >= 4 is 41.5 Å². The molecule has 1 heterocycles. The number of halogens is 1. The first-order valence-electron chi connectivity index (χ1n) is 10.4. The van der Waals surface area contributed by atoms with E-state index < -0.39 is 0 Å². The predicted octanol–water partition coefficient (Wildman–Crippen LogP) is 3.96. The number of benzene rings is 2. The minimum atomic E-state index is 0. The van der Waals surface area contributed by atoms with E-state index in [1.807, 2.05) is 59.5 Å². The van der Waals surface area contributed by atoms with E-state index >= 15 is 0 Å². The zero-order chi connectivity index (χ0) is 20.3. The molecular formula is C23H31IN4O2. The summed E-state index contributed by atoms with van der Waals surface area (Å²) in [5.41, 5.74) is 2.09. The van der Waals surface area contributed by atoms with Crippen LogP contribution in [0.3, 0.4) is 0 Å². The molecule has 0 atom stereocenters. The number of amides is 1. The number of guanidine groups is 1. The van der Waals surface area contributed by atoms with Crippen molar-refractivity contribution in [3.8, 4) is 5.75 Å². The highest BCUT2D eigenvalue weighted by molar-refractivity contribution is 14.0. The molecular weight excluding hydrogens is 491 g/mol. The zero-order valence-electron chi connectivity index (χ0n) is 17.5. The van der Waals surface area contributed by atoms with Crippen molar-refractivity contribution in [1.29, 1.82) is 0 Å². The van der Waals surface area contributed by atoms with Crippen molar-refractivity contribution in [2.45, 2.75) is 32.7 Å². The van der Waals surface area contributed by atoms with Crippen molar-refractivity contribution in [2.75, 3.05) is 31.1 Å². The number of para-hydroxylation sites is 1. The van der Waals surface area contributed by atoms with Gasteiger partial charge in [-0.05, 0) is 49.6 Å². The standard InChI is InChI=1S/C23H30N4O2.HI/c1-2-24-23(25-15-7-17-29-21-8-4-3-5-9-21)26-18-19-11-13-20(14-12-19)27-16-6-10-22(27)28;/h3-5,8-9,11-14H,2,6-7,10,15-18H2,1H3,(H2,24,25,26);1H. The third kappa shape index (κ3) is 7.51. The van der Waals surface area contributed by atoms with Gasteiger partial charge in [-0.3, -0.25) is 4.79 Å². The molecule has 2 aromatic carbocycles. The Hall–Kier alpha value is -2.29. The van der Waals surface area contributed by atoms with Gasteiger partial charge >= 0.3 is 0 Å². The Labute approximate surface area is 196 Å². The molecule has 0 aliphatic carbocycles. The molecule has 7 heteroatoms. The number of hydrogen-bond donors (Lipinski definition) is 2. The van der Waals surface area contributed by atoms with Crippen LogP contribution in [0.15, 0.2) is 59.6 Å². The maximum atomic E-state index is 11.9. The molecule has 1 saturated heterocycles. The Kier molecular flexibility index (Phi) is 10.5. The molecule has 0 aromatic heterocycles. The Morgan fingerprint density at radius 1 is 1.10 bits per heavy atom. The van der Waals surface area contributed by atoms with Crippen molar-refractivity contribution in [2.24, 2.45) is 4.99 Å². The van der Waals surface area contributed by atoms with E-state index in [1.54, 1.807) is 0 Å². The van der Waals surface area contributed by atoms with Crippen LogP contribution in [0.5, 0.6) is 5.75 Å². The van der Waals surface area contributed by atoms with Crippen molar-refractivity contribution in [1.82, 2.24) is 10.6 Å². The maximum Gasteiger partial charge on any atom is 0.227 e. The molecule has 2 N–H and O–H groups in total. The van der Waals surface area contributed by atoms with Crippen LogP contribution in [0.1, 0.15) is 31.7 Å². The molecule has 0 spiro atoms. The van der Waals surface area contributed by atoms with Gasteiger partial charge in [-0.25, -0.2) is 4.99 Å². The first kappa shape index (κ1) is 24.0. The summed E-state index contributed by atoms with van der Waals surface area (Å²) < 4.78 is 5.71. The van der Waals surface area contributed by atoms with Crippen LogP contribution < -0.4 is 20.3 Å². The minimum Gasteiger partial charge on any atom is -0.494 e. The molecule has 1 aliphatic rings. The normalized spacial score (nSPS) is 13.7. The van der Waals surface area contributed by atoms with Gasteiger partial charge in [0.15, 0.2) is 5.96 Å². The molecule has 1 fully saturated rings. The maximum absolute atomic E-state index is 11.9. The predicted molar refractivity (Wildman–Crippen MR) is 133 cm³/mol. The van der Waals surface area contributed by atoms with Crippen molar-refractivity contribution < 1.29 is 9.53 Å². The number of ether oxygens (including phenoxy) is 1. The highest BCUT2D eigenvalue weighted by atomic mass is 127. The third-order valence-corrected chi connectivity index (χ3v) is 4.71. The van der Waals surface area contributed by atoms with Gasteiger partial charge in [0.25, 0.3) is 0 Å². The highest BCUT2D eigenvalue weighted by Crippen LogP contribution is 2.21. The lowest BCUT2D eigenvalue weighted by Gasteiger charge is -2.16. The van der Waals surface area contributed by atoms with Crippen LogP contribution >= 0.6 is 24.0 Å². The molecule has 2 aromatic rings. The van der Waals surface area contributed by atoms with Gasteiger partial charge in [-0.1, -0.05) is 30.3 Å². The van der Waals surface area contributed by atoms with Gasteiger partial charge < -0.3 is 20.3 Å². The fraction of sp³-hybridized carbons (Fsp3) is 0.391. The van der Waals surface area contributed by atoms with Gasteiger partial charge in [-0.15, -0.1) is 24.0 Å². The largest absolute Gasteiger partial charge is 0.494 e. The molecule has 3 rings (SSSR count). The molecule has 0 saturated carbocycles. The Balaban J connectivity index is 0.00000320. The van der Waals surface area contributed by atoms with Crippen LogP contribution in [0, 0.1) is 0 Å². The second-order valence-corrected chi connectivity index (χ2v) is 6.95. The summed E-state index contributed by atoms with van der Waals surface area (Å²) in [6.07, 6.45) is 2.48. The van der Waals surface area contributed by atoms with Gasteiger partial charge in [0.2, 0.25) is 5.91 Å². The minimum absolute atomic E-state index is 0. The first-order valence-corrected chi connectivity index (χ1v) is 10.4. The molecule has 0 radical (unpaired) electrons. The monoisotopic (exact) mass is 522 g/mol. The average Bonchev–Trinajstić information content (AvgIpc) is 3.18. The third-order valence-electron chi connectivity index (χ3n) is 4.71. The second-order valence-electron chi connectivity index (χ2n) is 6.95. The fourth-order valence-corrected chi connectivity index (χ4v) is 3.20. The number of anilines is 1. The fourth-order valence-electron chi connectivity index (χ4n) is 3.20. The molecule has 1 amide bonds. The Morgan fingerprint density at radius 2 is 1.87 bits per heavy atom. The first-order chi connectivity index (χ1) is 14.3. The molecule has 6 nitrogen and oxygen atoms in total. The van der Waals surface area contributed by atoms with E-state index in [9.17, 15) is 4.79 Å². The van der Waals surface area contributed by atoms with Crippen molar-refractivity contribution in [3.05, 3.63) is 60.2 Å². The van der Waals surface area contributed by atoms with Crippen LogP contribution in [-0.4, -0.2) is 38.1 Å². The number of nitrogens with one attached hydrogen (secondary N) is 2. The summed E-state index contributed by atoms with van der Waals surface area (Å²) in [6, 6.07) is 18.0. The lowest BCUT2D eigenvalue weighted by molar-refractivity contribution is -0.117. The smallest absolute Gasteiger partial charge is 0.227 e. The van der Waals surface area contributed by atoms with Crippen molar-refractivity contribution in [3.63, 3.8) is 0 Å². The Bertz CT molecular complexity index is 797. The second kappa shape index (κ2) is 13.1. The highest BCUT2D eigenvalue weighted by Gasteiger charge is 2.21. The van der Waals surface area contributed by atoms with Gasteiger partial charge in [-0.2, -0.15) is 0 Å². The number of carbonyl (C=O) groups is 1. The number of hydrogen-bond acceptors (Lipinski definition) is 3. The number of rotatable bonds is 9. The lowest BCUT2D eigenvalue weighted by Crippen LogP contribution is -2.38. The molecule has 1 aliphatic heterocycles. The van der Waals surface area contributed by atoms with Crippen LogP contribution in [0.4, 0.5) is 5.69 Å². The van der Waals surface area contributed by atoms with Gasteiger partial charge in [0.05, 0.1) is 13.2 Å². The van der Waals surface area contributed by atoms with E-state index in [-0.39, 0.29) is 29.9 Å². The molecule has 30 heavy (non-hydrogen) atoms. The number of carbonyl (C=O) groups excluding carboxylic acids is 1. The lowest BCUT2D eigenvalue weighted by atomic mass is 10.2. The summed E-state index contributed by atoms with van der Waals surface area (Å²) in [5.74, 6) is 1.91. The van der Waals surface area contributed by atoms with Crippen LogP contribution in [0.25, 0.3) is 0 Å². The summed E-state index contributed by atoms with van der Waals surface area (Å²) in [5, 5.41) is 6.61. The molecule has 0 unspecified atom stereocenters. The van der Waals surface area contributed by atoms with E-state index in [1.165, 1.54) is 0 Å². The SMILES string of the molecule is CCNC(=NCc1ccc(N2CCCC2=O)cc1)NCCCOc1ccccc1.I. The van der Waals surface area contributed by atoms with Gasteiger partial charge in [0.1, 0.15) is 5.75 Å². The average molecular weight is 522 g/mol. The quantitative estimate of drug-likeness (QED) is 0.227. The summed E-state index contributed by atoms with van der Waals surface area (Å²) in [7, 11) is 0. The Morgan fingerprint density at radius 3 is 2.53 bits per heavy atom.